The van der Waals surface area contributed by atoms with Gasteiger partial charge in [-0.3, -0.25) is 4.79 Å². The molecule has 5 nitrogen and oxygen atoms in total. The maximum atomic E-state index is 12.8. The molecule has 2 heterocycles. The Hall–Kier alpha value is -1.51. The topological polar surface area (TPSA) is 67.5 Å². The first-order valence-corrected chi connectivity index (χ1v) is 10.2. The van der Waals surface area contributed by atoms with Gasteiger partial charge in [0, 0.05) is 19.4 Å². The maximum Gasteiger partial charge on any atom is 0.282 e. The summed E-state index contributed by atoms with van der Waals surface area (Å²) in [5.74, 6) is 0.115. The number of benzene rings is 1. The van der Waals surface area contributed by atoms with Gasteiger partial charge in [-0.1, -0.05) is 0 Å². The lowest BCUT2D eigenvalue weighted by atomic mass is 9.97. The number of fused-ring (bicyclic) bond motifs is 3. The van der Waals surface area contributed by atoms with Gasteiger partial charge in [0.05, 0.1) is 11.6 Å². The Morgan fingerprint density at radius 2 is 2.08 bits per heavy atom. The van der Waals surface area contributed by atoms with Crippen molar-refractivity contribution in [1.82, 2.24) is 9.66 Å². The van der Waals surface area contributed by atoms with Gasteiger partial charge in [-0.2, -0.15) is 9.78 Å². The molecular weight excluding hydrogens is 470 g/mol. The molecule has 0 radical (unpaired) electrons. The highest BCUT2D eigenvalue weighted by atomic mass is 79.9. The Bertz CT molecular complexity index is 1070. The first kappa shape index (κ1) is 16.9. The molecule has 25 heavy (non-hydrogen) atoms. The third-order valence-corrected chi connectivity index (χ3v) is 7.46. The standard InChI is InChI=1S/C17H13Br2N3O2S/c18-12-6-10(23)5-9(15(12)19)7-21-22-8-20-16-14(17(22)24)11-3-1-2-4-13(11)25-16/h5-8,23H,1-4H2/b21-7+. The van der Waals surface area contributed by atoms with Crippen LogP contribution in [0.15, 0.2) is 37.3 Å². The van der Waals surface area contributed by atoms with Gasteiger partial charge in [-0.25, -0.2) is 4.98 Å². The Labute approximate surface area is 164 Å². The SMILES string of the molecule is O=c1c2c3c(sc2ncn1/N=C/c1cc(O)cc(Br)c1Br)CCCC3. The van der Waals surface area contributed by atoms with Crippen molar-refractivity contribution in [3.63, 3.8) is 0 Å². The van der Waals surface area contributed by atoms with Gasteiger partial charge < -0.3 is 5.11 Å². The van der Waals surface area contributed by atoms with Crippen LogP contribution in [0, 0.1) is 0 Å². The first-order valence-electron chi connectivity index (χ1n) is 7.79. The van der Waals surface area contributed by atoms with E-state index in [1.807, 2.05) is 0 Å². The summed E-state index contributed by atoms with van der Waals surface area (Å²) in [5.41, 5.74) is 1.66. The van der Waals surface area contributed by atoms with Crippen LogP contribution in [0.5, 0.6) is 5.75 Å². The van der Waals surface area contributed by atoms with E-state index >= 15 is 0 Å². The molecule has 8 heteroatoms. The minimum absolute atomic E-state index is 0.115. The quantitative estimate of drug-likeness (QED) is 0.548. The van der Waals surface area contributed by atoms with Crippen molar-refractivity contribution in [2.24, 2.45) is 5.10 Å². The van der Waals surface area contributed by atoms with Crippen LogP contribution in [-0.2, 0) is 12.8 Å². The Kier molecular flexibility index (Phi) is 4.51. The third-order valence-electron chi connectivity index (χ3n) is 4.22. The summed E-state index contributed by atoms with van der Waals surface area (Å²) in [6, 6.07) is 3.15. The van der Waals surface area contributed by atoms with Gasteiger partial charge in [0.25, 0.3) is 5.56 Å². The van der Waals surface area contributed by atoms with Crippen molar-refractivity contribution < 1.29 is 5.11 Å². The van der Waals surface area contributed by atoms with Crippen molar-refractivity contribution in [3.8, 4) is 5.75 Å². The van der Waals surface area contributed by atoms with Crippen LogP contribution < -0.4 is 5.56 Å². The largest absolute Gasteiger partial charge is 0.508 e. The number of aromatic hydroxyl groups is 1. The first-order chi connectivity index (χ1) is 12.0. The number of nitrogens with zero attached hydrogens (tertiary/aromatic N) is 3. The van der Waals surface area contributed by atoms with Crippen LogP contribution in [0.25, 0.3) is 10.2 Å². The fraction of sp³-hybridized carbons (Fsp3) is 0.235. The number of phenols is 1. The number of rotatable bonds is 2. The normalized spacial score (nSPS) is 14.3. The number of hydrogen-bond acceptors (Lipinski definition) is 5. The lowest BCUT2D eigenvalue weighted by Gasteiger charge is -2.09. The predicted molar refractivity (Wildman–Crippen MR) is 107 cm³/mol. The van der Waals surface area contributed by atoms with Gasteiger partial charge in [0.15, 0.2) is 0 Å². The van der Waals surface area contributed by atoms with Crippen molar-refractivity contribution in [2.45, 2.75) is 25.7 Å². The van der Waals surface area contributed by atoms with E-state index in [-0.39, 0.29) is 11.3 Å². The van der Waals surface area contributed by atoms with E-state index in [1.54, 1.807) is 23.5 Å². The Balaban J connectivity index is 1.80. The number of aromatic nitrogens is 2. The molecule has 0 aliphatic heterocycles. The van der Waals surface area contributed by atoms with Crippen molar-refractivity contribution in [1.29, 1.82) is 0 Å². The molecule has 0 saturated heterocycles. The van der Waals surface area contributed by atoms with E-state index in [0.717, 1.165) is 34.1 Å². The number of thiophene rings is 1. The fourth-order valence-corrected chi connectivity index (χ4v) is 5.05. The highest BCUT2D eigenvalue weighted by Gasteiger charge is 2.19. The minimum atomic E-state index is -0.143. The molecule has 1 aliphatic rings. The summed E-state index contributed by atoms with van der Waals surface area (Å²) in [6.07, 6.45) is 7.23. The minimum Gasteiger partial charge on any atom is -0.508 e. The van der Waals surface area contributed by atoms with E-state index in [0.29, 0.717) is 15.4 Å². The maximum absolute atomic E-state index is 12.8. The van der Waals surface area contributed by atoms with Crippen molar-refractivity contribution in [2.75, 3.05) is 0 Å². The number of phenolic OH excluding ortho intramolecular Hbond substituents is 1. The summed E-state index contributed by atoms with van der Waals surface area (Å²) >= 11 is 8.42. The van der Waals surface area contributed by atoms with Gasteiger partial charge in [0.1, 0.15) is 16.9 Å². The average Bonchev–Trinajstić information content (AvgIpc) is 2.97. The summed E-state index contributed by atoms with van der Waals surface area (Å²) < 4.78 is 2.72. The highest BCUT2D eigenvalue weighted by molar-refractivity contribution is 9.13. The zero-order valence-electron chi connectivity index (χ0n) is 13.0. The molecule has 1 aromatic carbocycles. The highest BCUT2D eigenvalue weighted by Crippen LogP contribution is 2.33. The molecule has 0 fully saturated rings. The van der Waals surface area contributed by atoms with Crippen LogP contribution in [0.4, 0.5) is 0 Å². The molecule has 3 aromatic rings. The third kappa shape index (κ3) is 3.07. The molecule has 0 saturated carbocycles. The van der Waals surface area contributed by atoms with E-state index < -0.39 is 0 Å². The molecule has 0 amide bonds. The van der Waals surface area contributed by atoms with Crippen LogP contribution in [0.3, 0.4) is 0 Å². The number of halogens is 2. The number of aryl methyl sites for hydroxylation is 2. The lowest BCUT2D eigenvalue weighted by molar-refractivity contribution is 0.474. The van der Waals surface area contributed by atoms with E-state index in [2.05, 4.69) is 41.9 Å². The second kappa shape index (κ2) is 6.66. The van der Waals surface area contributed by atoms with Crippen LogP contribution in [0.1, 0.15) is 28.8 Å². The van der Waals surface area contributed by atoms with E-state index in [1.165, 1.54) is 28.5 Å². The molecule has 2 aromatic heterocycles. The monoisotopic (exact) mass is 481 g/mol. The fourth-order valence-electron chi connectivity index (χ4n) is 3.03. The van der Waals surface area contributed by atoms with Crippen molar-refractivity contribution >= 4 is 59.6 Å². The zero-order chi connectivity index (χ0) is 17.6. The number of hydrogen-bond donors (Lipinski definition) is 1. The molecule has 1 aliphatic carbocycles. The van der Waals surface area contributed by atoms with E-state index in [4.69, 9.17) is 0 Å². The van der Waals surface area contributed by atoms with Gasteiger partial charge in [0.2, 0.25) is 0 Å². The molecule has 1 N–H and O–H groups in total. The molecule has 0 unspecified atom stereocenters. The van der Waals surface area contributed by atoms with Gasteiger partial charge in [-0.05, 0) is 75.2 Å². The van der Waals surface area contributed by atoms with Crippen LogP contribution in [0.2, 0.25) is 0 Å². The zero-order valence-corrected chi connectivity index (χ0v) is 17.0. The van der Waals surface area contributed by atoms with Gasteiger partial charge in [-0.15, -0.1) is 11.3 Å². The predicted octanol–water partition coefficient (Wildman–Crippen LogP) is 4.45. The summed E-state index contributed by atoms with van der Waals surface area (Å²) in [6.45, 7) is 0. The summed E-state index contributed by atoms with van der Waals surface area (Å²) in [7, 11) is 0. The smallest absolute Gasteiger partial charge is 0.282 e. The second-order valence-electron chi connectivity index (χ2n) is 5.86. The van der Waals surface area contributed by atoms with Gasteiger partial charge >= 0.3 is 0 Å². The molecular formula is C17H13Br2N3O2S. The van der Waals surface area contributed by atoms with Crippen LogP contribution >= 0.6 is 43.2 Å². The molecule has 0 spiro atoms. The summed E-state index contributed by atoms with van der Waals surface area (Å²) in [5, 5.41) is 14.7. The molecule has 0 bridgehead atoms. The van der Waals surface area contributed by atoms with E-state index in [9.17, 15) is 9.90 Å². The van der Waals surface area contributed by atoms with Crippen LogP contribution in [-0.4, -0.2) is 21.0 Å². The summed E-state index contributed by atoms with van der Waals surface area (Å²) in [4.78, 5) is 19.3. The molecule has 128 valence electrons. The Morgan fingerprint density at radius 1 is 1.28 bits per heavy atom. The Morgan fingerprint density at radius 3 is 2.92 bits per heavy atom. The van der Waals surface area contributed by atoms with Crippen molar-refractivity contribution in [3.05, 3.63) is 53.8 Å². The molecule has 0 atom stereocenters. The second-order valence-corrected chi connectivity index (χ2v) is 8.59. The molecule has 4 rings (SSSR count). The average molecular weight is 483 g/mol. The lowest BCUT2D eigenvalue weighted by Crippen LogP contribution is -2.18.